The van der Waals surface area contributed by atoms with E-state index in [1.807, 2.05) is 12.1 Å². The summed E-state index contributed by atoms with van der Waals surface area (Å²) in [4.78, 5) is 0. The molecule has 0 bridgehead atoms. The largest absolute Gasteiger partial charge is 0.456 e. The summed E-state index contributed by atoms with van der Waals surface area (Å²) >= 11 is 4.24. The summed E-state index contributed by atoms with van der Waals surface area (Å²) in [6.45, 7) is 6.31. The van der Waals surface area contributed by atoms with Crippen LogP contribution in [0.1, 0.15) is 16.7 Å². The number of rotatable bonds is 3. The van der Waals surface area contributed by atoms with E-state index in [1.54, 1.807) is 0 Å². The van der Waals surface area contributed by atoms with Crippen LogP contribution in [0.5, 0.6) is 11.5 Å². The fraction of sp³-hybridized carbons (Fsp3) is 0.120. The molecule has 0 amide bonds. The van der Waals surface area contributed by atoms with Crippen molar-refractivity contribution in [2.45, 2.75) is 20.8 Å². The van der Waals surface area contributed by atoms with Crippen molar-refractivity contribution in [3.63, 3.8) is 0 Å². The van der Waals surface area contributed by atoms with Gasteiger partial charge in [0.05, 0.1) is 0 Å². The normalized spacial score (nSPS) is 10.3. The lowest BCUT2D eigenvalue weighted by Crippen LogP contribution is -1.91. The molecule has 0 spiro atoms. The summed E-state index contributed by atoms with van der Waals surface area (Å²) in [6.07, 6.45) is 0. The molecule has 4 rings (SSSR count). The molecule has 0 saturated heterocycles. The third-order valence-electron chi connectivity index (χ3n) is 4.73. The van der Waals surface area contributed by atoms with Crippen molar-refractivity contribution in [1.82, 2.24) is 0 Å². The number of fused-ring (bicyclic) bond motifs is 1. The van der Waals surface area contributed by atoms with Crippen LogP contribution in [0, 0.1) is 20.8 Å². The first-order valence-electron chi connectivity index (χ1n) is 9.09. The molecule has 0 saturated carbocycles. The molecule has 0 N–H and O–H groups in total. The Kier molecular flexibility index (Phi) is 7.35. The highest BCUT2D eigenvalue weighted by atomic mass is 128. The van der Waals surface area contributed by atoms with Gasteiger partial charge >= 0.3 is 0 Å². The van der Waals surface area contributed by atoms with Gasteiger partial charge in [0.25, 0.3) is 0 Å². The minimum Gasteiger partial charge on any atom is -0.456 e. The number of hydrogen-bond donors (Lipinski definition) is 0. The molecule has 0 heterocycles. The van der Waals surface area contributed by atoms with Crippen molar-refractivity contribution in [3.8, 4) is 22.6 Å². The highest BCUT2D eigenvalue weighted by Gasteiger charge is 2.12. The Morgan fingerprint density at radius 2 is 1.18 bits per heavy atom. The Labute approximate surface area is 190 Å². The van der Waals surface area contributed by atoms with Gasteiger partial charge in [0, 0.05) is 48.2 Å². The average molecular weight is 592 g/mol. The zero-order valence-electron chi connectivity index (χ0n) is 16.2. The van der Waals surface area contributed by atoms with E-state index in [2.05, 4.69) is 125 Å². The molecule has 0 aliphatic heterocycles. The summed E-state index contributed by atoms with van der Waals surface area (Å²) in [5, 5.41) is 2.33. The smallest absolute Gasteiger partial charge is 0.143 e. The SMILES string of the molecule is Cc1ccc(Oc2c(-c3ccc(C)cc3)ccc3cc(C)ccc23)cc1.II. The van der Waals surface area contributed by atoms with Crippen molar-refractivity contribution >= 4 is 48.0 Å². The van der Waals surface area contributed by atoms with Gasteiger partial charge in [-0.05, 0) is 49.9 Å². The molecule has 3 heteroatoms. The topological polar surface area (TPSA) is 9.23 Å². The molecule has 4 aromatic carbocycles. The standard InChI is InChI=1S/C25H22O.I2/c1-17-4-9-20(10-5-17)23-15-11-21-16-19(3)8-14-24(21)25(23)26-22-12-6-18(2)7-13-22;1-2/h4-16H,1-3H3;. The van der Waals surface area contributed by atoms with Crippen LogP contribution in [0.4, 0.5) is 0 Å². The molecule has 0 radical (unpaired) electrons. The van der Waals surface area contributed by atoms with Crippen LogP contribution in [0.3, 0.4) is 0 Å². The van der Waals surface area contributed by atoms with Crippen LogP contribution >= 0.6 is 37.2 Å². The maximum Gasteiger partial charge on any atom is 0.143 e. The first-order valence-corrected chi connectivity index (χ1v) is 15.4. The van der Waals surface area contributed by atoms with Gasteiger partial charge in [0.1, 0.15) is 11.5 Å². The van der Waals surface area contributed by atoms with Gasteiger partial charge in [-0.1, -0.05) is 77.4 Å². The van der Waals surface area contributed by atoms with E-state index in [-0.39, 0.29) is 0 Å². The minimum atomic E-state index is 0.858. The lowest BCUT2D eigenvalue weighted by Gasteiger charge is -2.15. The predicted octanol–water partition coefficient (Wildman–Crippen LogP) is 9.00. The number of aryl methyl sites for hydroxylation is 3. The minimum absolute atomic E-state index is 0.858. The van der Waals surface area contributed by atoms with Gasteiger partial charge in [-0.15, -0.1) is 0 Å². The highest BCUT2D eigenvalue weighted by Crippen LogP contribution is 2.40. The second-order valence-electron chi connectivity index (χ2n) is 6.95. The van der Waals surface area contributed by atoms with Gasteiger partial charge in [-0.2, -0.15) is 0 Å². The Balaban J connectivity index is 0.00000109. The lowest BCUT2D eigenvalue weighted by atomic mass is 9.98. The zero-order valence-corrected chi connectivity index (χ0v) is 20.5. The van der Waals surface area contributed by atoms with E-state index >= 15 is 0 Å². The van der Waals surface area contributed by atoms with E-state index in [4.69, 9.17) is 4.74 Å². The molecule has 0 unspecified atom stereocenters. The van der Waals surface area contributed by atoms with Gasteiger partial charge in [0.15, 0.2) is 0 Å². The summed E-state index contributed by atoms with van der Waals surface area (Å²) < 4.78 is 6.40. The molecular formula is C25H22I2O. The van der Waals surface area contributed by atoms with Crippen LogP contribution in [0.2, 0.25) is 0 Å². The Morgan fingerprint density at radius 3 is 1.82 bits per heavy atom. The maximum absolute atomic E-state index is 6.40. The first kappa shape index (κ1) is 21.1. The van der Waals surface area contributed by atoms with E-state index in [0.717, 1.165) is 22.4 Å². The molecular weight excluding hydrogens is 570 g/mol. The third-order valence-corrected chi connectivity index (χ3v) is 4.73. The van der Waals surface area contributed by atoms with Crippen LogP contribution in [0.25, 0.3) is 21.9 Å². The molecule has 0 fully saturated rings. The van der Waals surface area contributed by atoms with E-state index in [0.29, 0.717) is 0 Å². The van der Waals surface area contributed by atoms with E-state index in [9.17, 15) is 0 Å². The Bertz CT molecular complexity index is 1070. The molecule has 0 aliphatic rings. The molecule has 0 aliphatic carbocycles. The van der Waals surface area contributed by atoms with Gasteiger partial charge in [0.2, 0.25) is 0 Å². The average Bonchev–Trinajstić information content (AvgIpc) is 2.72. The number of hydrogen-bond acceptors (Lipinski definition) is 1. The Hall–Kier alpha value is -1.60. The molecule has 0 atom stereocenters. The number of ether oxygens (including phenoxy) is 1. The van der Waals surface area contributed by atoms with Crippen molar-refractivity contribution < 1.29 is 4.74 Å². The number of benzene rings is 4. The molecule has 142 valence electrons. The fourth-order valence-electron chi connectivity index (χ4n) is 3.22. The van der Waals surface area contributed by atoms with Crippen molar-refractivity contribution in [1.29, 1.82) is 0 Å². The molecule has 28 heavy (non-hydrogen) atoms. The molecule has 0 aromatic heterocycles. The van der Waals surface area contributed by atoms with Gasteiger partial charge < -0.3 is 4.74 Å². The van der Waals surface area contributed by atoms with Crippen LogP contribution in [-0.4, -0.2) is 0 Å². The first-order chi connectivity index (χ1) is 13.6. The number of halogens is 2. The molecule has 1 nitrogen and oxygen atoms in total. The summed E-state index contributed by atoms with van der Waals surface area (Å²) in [6, 6.07) is 27.7. The van der Waals surface area contributed by atoms with Crippen molar-refractivity contribution in [2.24, 2.45) is 0 Å². The summed E-state index contributed by atoms with van der Waals surface area (Å²) in [5.41, 5.74) is 6.01. The van der Waals surface area contributed by atoms with Crippen LogP contribution in [0.15, 0.2) is 78.9 Å². The van der Waals surface area contributed by atoms with Crippen molar-refractivity contribution in [3.05, 3.63) is 95.6 Å². The maximum atomic E-state index is 6.40. The highest BCUT2D eigenvalue weighted by molar-refractivity contribution is 15.0. The molecule has 4 aromatic rings. The van der Waals surface area contributed by atoms with E-state index < -0.39 is 0 Å². The third kappa shape index (κ3) is 4.87. The predicted molar refractivity (Wildman–Crippen MR) is 138 cm³/mol. The Morgan fingerprint density at radius 1 is 0.607 bits per heavy atom. The fourth-order valence-corrected chi connectivity index (χ4v) is 3.22. The van der Waals surface area contributed by atoms with E-state index in [1.165, 1.54) is 27.6 Å². The van der Waals surface area contributed by atoms with Gasteiger partial charge in [-0.25, -0.2) is 0 Å². The second-order valence-corrected chi connectivity index (χ2v) is 6.95. The quantitative estimate of drug-likeness (QED) is 0.216. The van der Waals surface area contributed by atoms with Crippen LogP contribution in [-0.2, 0) is 0 Å². The summed E-state index contributed by atoms with van der Waals surface area (Å²) in [7, 11) is 0. The zero-order chi connectivity index (χ0) is 20.1. The monoisotopic (exact) mass is 592 g/mol. The second kappa shape index (κ2) is 9.74. The summed E-state index contributed by atoms with van der Waals surface area (Å²) in [5.74, 6) is 1.77. The lowest BCUT2D eigenvalue weighted by molar-refractivity contribution is 0.490. The van der Waals surface area contributed by atoms with Crippen LogP contribution < -0.4 is 4.74 Å². The van der Waals surface area contributed by atoms with Crippen molar-refractivity contribution in [2.75, 3.05) is 0 Å². The van der Waals surface area contributed by atoms with Gasteiger partial charge in [-0.3, -0.25) is 0 Å².